The Morgan fingerprint density at radius 2 is 2.06 bits per heavy atom. The molecule has 1 aromatic carbocycles. The molecule has 0 saturated heterocycles. The maximum absolute atomic E-state index is 12.5. The fourth-order valence-corrected chi connectivity index (χ4v) is 3.18. The quantitative estimate of drug-likeness (QED) is 0.693. The van der Waals surface area contributed by atoms with Gasteiger partial charge in [-0.05, 0) is 37.6 Å². The van der Waals surface area contributed by atoms with E-state index in [1.165, 1.54) is 0 Å². The monoisotopic (exact) mass is 435 g/mol. The lowest BCUT2D eigenvalue weighted by atomic mass is 10.1. The summed E-state index contributed by atoms with van der Waals surface area (Å²) in [6.45, 7) is 10.2. The number of likely N-dealkylation sites (N-methyl/N-ethyl adjacent to an activating group) is 1. The van der Waals surface area contributed by atoms with Crippen LogP contribution >= 0.6 is 0 Å². The number of carbonyl (C=O) groups excluding carboxylic acids is 1. The second-order valence-corrected chi connectivity index (χ2v) is 7.08. The highest BCUT2D eigenvalue weighted by Gasteiger charge is 2.15. The highest BCUT2D eigenvalue weighted by Crippen LogP contribution is 2.30. The fraction of sp³-hybridized carbons (Fsp3) is 0.292. The number of methoxy groups -OCH3 is 1. The number of aryl methyl sites for hydroxylation is 1. The molecule has 1 amide bonds. The Balaban J connectivity index is 1.68. The van der Waals surface area contributed by atoms with Crippen LogP contribution in [-0.2, 0) is 11.3 Å². The van der Waals surface area contributed by atoms with Crippen LogP contribution in [0.15, 0.2) is 71.4 Å². The Kier molecular flexibility index (Phi) is 7.85. The van der Waals surface area contributed by atoms with Gasteiger partial charge < -0.3 is 14.4 Å². The lowest BCUT2D eigenvalue weighted by Gasteiger charge is -2.13. The van der Waals surface area contributed by atoms with Gasteiger partial charge in [0.05, 0.1) is 24.8 Å². The zero-order valence-corrected chi connectivity index (χ0v) is 18.7. The average molecular weight is 436 g/mol. The molecule has 1 aliphatic heterocycles. The summed E-state index contributed by atoms with van der Waals surface area (Å²) in [7, 11) is 1.62. The Morgan fingerprint density at radius 3 is 2.81 bits per heavy atom. The maximum Gasteiger partial charge on any atom is 0.413 e. The number of carbonyl (C=O) groups is 1. The van der Waals surface area contributed by atoms with Crippen LogP contribution in [0.2, 0.25) is 0 Å². The van der Waals surface area contributed by atoms with E-state index in [-0.39, 0.29) is 6.61 Å². The number of amides is 1. The van der Waals surface area contributed by atoms with E-state index >= 15 is 0 Å². The minimum atomic E-state index is -0.565. The molecule has 0 aliphatic carbocycles. The minimum Gasteiger partial charge on any atom is -0.496 e. The maximum atomic E-state index is 12.5. The third kappa shape index (κ3) is 5.87. The Morgan fingerprint density at radius 1 is 1.25 bits per heavy atom. The van der Waals surface area contributed by atoms with Crippen molar-refractivity contribution in [3.05, 3.63) is 66.4 Å². The Labute approximate surface area is 188 Å². The van der Waals surface area contributed by atoms with E-state index in [0.29, 0.717) is 29.5 Å². The molecule has 3 rings (SSSR count). The number of hydrogen-bond donors (Lipinski definition) is 1. The molecule has 168 valence electrons. The van der Waals surface area contributed by atoms with Gasteiger partial charge in [0.15, 0.2) is 0 Å². The van der Waals surface area contributed by atoms with E-state index < -0.39 is 6.09 Å². The van der Waals surface area contributed by atoms with Gasteiger partial charge in [0.25, 0.3) is 0 Å². The normalized spacial score (nSPS) is 16.4. The summed E-state index contributed by atoms with van der Waals surface area (Å²) in [6.07, 6.45) is 6.93. The minimum absolute atomic E-state index is 0.0998. The standard InChI is InChI=1S/C24H29N5O3/c1-5-28-13-9-10-19(14-18(3)25-17-28)16-32-24(30)26-23-15-21(27-29(23)6-2)20-11-7-8-12-22(20)31-4/h7-12,14-15,17H,3,5-6,13,16H2,1-2,4H3,(H,26,30)/b10-9-,19-14+,25-17?. The van der Waals surface area contributed by atoms with Crippen molar-refractivity contribution in [2.24, 2.45) is 4.99 Å². The van der Waals surface area contributed by atoms with E-state index in [1.54, 1.807) is 30.3 Å². The van der Waals surface area contributed by atoms with E-state index in [0.717, 1.165) is 24.2 Å². The molecule has 0 fully saturated rings. The van der Waals surface area contributed by atoms with Crippen LogP contribution in [0.3, 0.4) is 0 Å². The molecule has 0 unspecified atom stereocenters. The summed E-state index contributed by atoms with van der Waals surface area (Å²) >= 11 is 0. The van der Waals surface area contributed by atoms with Crippen LogP contribution in [0.1, 0.15) is 13.8 Å². The van der Waals surface area contributed by atoms with Gasteiger partial charge in [-0.15, -0.1) is 0 Å². The van der Waals surface area contributed by atoms with Crippen LogP contribution in [0.5, 0.6) is 5.75 Å². The Hall–Kier alpha value is -3.81. The first-order valence-electron chi connectivity index (χ1n) is 10.5. The van der Waals surface area contributed by atoms with Crippen LogP contribution < -0.4 is 10.1 Å². The van der Waals surface area contributed by atoms with Gasteiger partial charge in [0.2, 0.25) is 0 Å². The van der Waals surface area contributed by atoms with Crippen molar-refractivity contribution in [2.75, 3.05) is 32.1 Å². The summed E-state index contributed by atoms with van der Waals surface area (Å²) in [5.41, 5.74) is 2.95. The molecule has 1 aromatic heterocycles. The van der Waals surface area contributed by atoms with Crippen molar-refractivity contribution in [2.45, 2.75) is 20.4 Å². The molecule has 2 heterocycles. The lowest BCUT2D eigenvalue weighted by Crippen LogP contribution is -2.21. The topological polar surface area (TPSA) is 81.0 Å². The van der Waals surface area contributed by atoms with E-state index in [9.17, 15) is 4.79 Å². The number of nitrogens with one attached hydrogen (secondary N) is 1. The number of aromatic nitrogens is 2. The summed E-state index contributed by atoms with van der Waals surface area (Å²) in [6, 6.07) is 9.42. The summed E-state index contributed by atoms with van der Waals surface area (Å²) in [4.78, 5) is 18.9. The van der Waals surface area contributed by atoms with E-state index in [4.69, 9.17) is 9.47 Å². The Bertz CT molecular complexity index is 1050. The number of para-hydroxylation sites is 1. The van der Waals surface area contributed by atoms with Crippen molar-refractivity contribution >= 4 is 18.2 Å². The molecule has 8 nitrogen and oxygen atoms in total. The van der Waals surface area contributed by atoms with Crippen molar-refractivity contribution in [3.8, 4) is 17.0 Å². The number of allylic oxidation sites excluding steroid dienone is 1. The van der Waals surface area contributed by atoms with Gasteiger partial charge in [-0.1, -0.05) is 30.9 Å². The summed E-state index contributed by atoms with van der Waals surface area (Å²) in [5.74, 6) is 1.26. The first-order valence-corrected chi connectivity index (χ1v) is 10.5. The van der Waals surface area contributed by atoms with Gasteiger partial charge in [0, 0.05) is 31.3 Å². The highest BCUT2D eigenvalue weighted by atomic mass is 16.5. The predicted octanol–water partition coefficient (Wildman–Crippen LogP) is 4.49. The van der Waals surface area contributed by atoms with Gasteiger partial charge >= 0.3 is 6.09 Å². The zero-order chi connectivity index (χ0) is 22.9. The molecule has 0 radical (unpaired) electrons. The number of aliphatic imine (C=N–C) groups is 1. The summed E-state index contributed by atoms with van der Waals surface area (Å²) < 4.78 is 12.6. The molecule has 1 N–H and O–H groups in total. The molecular formula is C24H29N5O3. The molecule has 32 heavy (non-hydrogen) atoms. The second-order valence-electron chi connectivity index (χ2n) is 7.08. The summed E-state index contributed by atoms with van der Waals surface area (Å²) in [5, 5.41) is 7.36. The number of benzene rings is 1. The molecule has 0 bridgehead atoms. The smallest absolute Gasteiger partial charge is 0.413 e. The number of ether oxygens (including phenoxy) is 2. The number of hydrogen-bond acceptors (Lipinski definition) is 6. The lowest BCUT2D eigenvalue weighted by molar-refractivity contribution is 0.172. The van der Waals surface area contributed by atoms with Crippen molar-refractivity contribution in [1.82, 2.24) is 14.7 Å². The molecule has 8 heteroatoms. The van der Waals surface area contributed by atoms with Gasteiger partial charge in [0.1, 0.15) is 18.2 Å². The fourth-order valence-electron chi connectivity index (χ4n) is 3.18. The largest absolute Gasteiger partial charge is 0.496 e. The van der Waals surface area contributed by atoms with Crippen LogP contribution in [-0.4, -0.2) is 53.9 Å². The molecule has 0 atom stereocenters. The highest BCUT2D eigenvalue weighted by molar-refractivity contribution is 5.85. The van der Waals surface area contributed by atoms with Crippen molar-refractivity contribution in [1.29, 1.82) is 0 Å². The van der Waals surface area contributed by atoms with Crippen molar-refractivity contribution in [3.63, 3.8) is 0 Å². The SMILES string of the molecule is C=C1/C=C(COC(=O)Nc2cc(-c3ccccc3OC)nn2CC)\C=C/CN(CC)C=N1. The first kappa shape index (κ1) is 22.9. The van der Waals surface area contributed by atoms with Crippen molar-refractivity contribution < 1.29 is 14.3 Å². The van der Waals surface area contributed by atoms with Crippen LogP contribution in [0.25, 0.3) is 11.3 Å². The van der Waals surface area contributed by atoms with Crippen LogP contribution in [0, 0.1) is 0 Å². The predicted molar refractivity (Wildman–Crippen MR) is 127 cm³/mol. The molecule has 2 aromatic rings. The van der Waals surface area contributed by atoms with E-state index in [2.05, 4.69) is 33.8 Å². The van der Waals surface area contributed by atoms with Gasteiger partial charge in [-0.2, -0.15) is 5.10 Å². The van der Waals surface area contributed by atoms with Gasteiger partial charge in [-0.25, -0.2) is 14.5 Å². The molecule has 1 aliphatic rings. The molecule has 0 saturated carbocycles. The average Bonchev–Trinajstić information content (AvgIpc) is 3.24. The third-order valence-corrected chi connectivity index (χ3v) is 4.88. The molecular weight excluding hydrogens is 406 g/mol. The first-order chi connectivity index (χ1) is 15.5. The zero-order valence-electron chi connectivity index (χ0n) is 18.7. The van der Waals surface area contributed by atoms with Gasteiger partial charge in [-0.3, -0.25) is 5.32 Å². The van der Waals surface area contributed by atoms with Crippen LogP contribution in [0.4, 0.5) is 10.6 Å². The van der Waals surface area contributed by atoms with E-state index in [1.807, 2.05) is 43.3 Å². The number of nitrogens with zero attached hydrogens (tertiary/aromatic N) is 4. The third-order valence-electron chi connectivity index (χ3n) is 4.88. The number of rotatable bonds is 7. The second kappa shape index (κ2) is 11.0. The molecule has 0 spiro atoms. The number of anilines is 1.